The zero-order valence-corrected chi connectivity index (χ0v) is 15.0. The summed E-state index contributed by atoms with van der Waals surface area (Å²) in [5.41, 5.74) is 0.183. The van der Waals surface area contributed by atoms with Crippen LogP contribution in [0.25, 0.3) is 0 Å². The lowest BCUT2D eigenvalue weighted by Gasteiger charge is -2.28. The van der Waals surface area contributed by atoms with Gasteiger partial charge in [-0.25, -0.2) is 4.79 Å². The van der Waals surface area contributed by atoms with Crippen molar-refractivity contribution in [2.75, 3.05) is 19.7 Å². The zero-order valence-electron chi connectivity index (χ0n) is 13.5. The number of nitrogens with zero attached hydrogens (tertiary/aromatic N) is 1. The summed E-state index contributed by atoms with van der Waals surface area (Å²) in [4.78, 5) is 13.9. The Morgan fingerprint density at radius 1 is 1.30 bits per heavy atom. The minimum atomic E-state index is -0.498. The maximum absolute atomic E-state index is 12.2. The third-order valence-electron chi connectivity index (χ3n) is 4.90. The van der Waals surface area contributed by atoms with E-state index < -0.39 is 5.60 Å². The molecule has 1 aromatic carbocycles. The highest BCUT2D eigenvalue weighted by molar-refractivity contribution is 6.42. The minimum absolute atomic E-state index is 0.0441. The van der Waals surface area contributed by atoms with Gasteiger partial charge in [0, 0.05) is 18.5 Å². The van der Waals surface area contributed by atoms with Crippen LogP contribution >= 0.6 is 23.2 Å². The molecule has 1 saturated carbocycles. The minimum Gasteiger partial charge on any atom is -0.444 e. The van der Waals surface area contributed by atoms with E-state index in [1.165, 1.54) is 0 Å². The van der Waals surface area contributed by atoms with E-state index in [0.29, 0.717) is 23.1 Å². The molecular weight excluding hydrogens is 337 g/mol. The summed E-state index contributed by atoms with van der Waals surface area (Å²) in [7, 11) is 0. The largest absolute Gasteiger partial charge is 0.444 e. The topological polar surface area (TPSA) is 49.8 Å². The van der Waals surface area contributed by atoms with Crippen LogP contribution in [0, 0.1) is 11.8 Å². The second-order valence-electron chi connectivity index (χ2n) is 7.43. The van der Waals surface area contributed by atoms with E-state index in [9.17, 15) is 9.90 Å². The Morgan fingerprint density at radius 2 is 1.91 bits per heavy atom. The molecular formula is C17H21Cl2NO3. The Bertz CT molecular complexity index is 629. The number of halogens is 2. The first kappa shape index (κ1) is 16.9. The van der Waals surface area contributed by atoms with Gasteiger partial charge >= 0.3 is 6.09 Å². The molecule has 1 saturated heterocycles. The smallest absolute Gasteiger partial charge is 0.410 e. The van der Waals surface area contributed by atoms with Gasteiger partial charge in [0.25, 0.3) is 0 Å². The van der Waals surface area contributed by atoms with Crippen LogP contribution in [0.4, 0.5) is 4.79 Å². The van der Waals surface area contributed by atoms with E-state index in [1.807, 2.05) is 32.9 Å². The van der Waals surface area contributed by atoms with Crippen molar-refractivity contribution in [1.82, 2.24) is 4.90 Å². The van der Waals surface area contributed by atoms with Crippen molar-refractivity contribution in [3.63, 3.8) is 0 Å². The molecule has 4 nitrogen and oxygen atoms in total. The van der Waals surface area contributed by atoms with Gasteiger partial charge in [-0.15, -0.1) is 0 Å². The monoisotopic (exact) mass is 357 g/mol. The quantitative estimate of drug-likeness (QED) is 0.877. The molecule has 1 aromatic rings. The summed E-state index contributed by atoms with van der Waals surface area (Å²) in [6.45, 7) is 6.81. The summed E-state index contributed by atoms with van der Waals surface area (Å²) in [5, 5.41) is 11.0. The van der Waals surface area contributed by atoms with Crippen LogP contribution in [0.15, 0.2) is 18.2 Å². The molecule has 2 aliphatic rings. The number of carbonyl (C=O) groups is 1. The van der Waals surface area contributed by atoms with Gasteiger partial charge in [-0.1, -0.05) is 29.3 Å². The van der Waals surface area contributed by atoms with Crippen molar-refractivity contribution in [2.45, 2.75) is 31.8 Å². The van der Waals surface area contributed by atoms with Gasteiger partial charge in [0.2, 0.25) is 0 Å². The molecule has 2 fully saturated rings. The molecule has 0 bridgehead atoms. The van der Waals surface area contributed by atoms with Crippen molar-refractivity contribution in [3.05, 3.63) is 33.8 Å². The average Bonchev–Trinajstić information content (AvgIpc) is 2.84. The van der Waals surface area contributed by atoms with Gasteiger partial charge in [0.05, 0.1) is 16.7 Å². The Hall–Kier alpha value is -0.970. The van der Waals surface area contributed by atoms with Gasteiger partial charge in [0.15, 0.2) is 0 Å². The fourth-order valence-corrected chi connectivity index (χ4v) is 4.05. The number of hydrogen-bond acceptors (Lipinski definition) is 3. The molecule has 2 unspecified atom stereocenters. The summed E-state index contributed by atoms with van der Waals surface area (Å²) >= 11 is 12.1. The number of hydrogen-bond donors (Lipinski definition) is 1. The standard InChI is InChI=1S/C17H21Cl2NO3/c1-16(2,3)23-15(22)20-7-11-12(8-20)17(11,9-21)10-4-5-13(18)14(19)6-10/h4-6,11-12,21H,7-9H2,1-3H3. The van der Waals surface area contributed by atoms with Crippen molar-refractivity contribution in [3.8, 4) is 0 Å². The number of ether oxygens (including phenoxy) is 1. The summed E-state index contributed by atoms with van der Waals surface area (Å²) in [5.74, 6) is 0.467. The highest BCUT2D eigenvalue weighted by Gasteiger charge is 2.69. The molecule has 1 N–H and O–H groups in total. The first-order valence-electron chi connectivity index (χ1n) is 7.73. The number of carbonyl (C=O) groups excluding carboxylic acids is 1. The molecule has 1 aliphatic carbocycles. The van der Waals surface area contributed by atoms with Gasteiger partial charge in [0.1, 0.15) is 5.60 Å². The third-order valence-corrected chi connectivity index (χ3v) is 5.64. The van der Waals surface area contributed by atoms with E-state index in [4.69, 9.17) is 27.9 Å². The van der Waals surface area contributed by atoms with Gasteiger partial charge < -0.3 is 14.7 Å². The molecule has 1 amide bonds. The number of rotatable bonds is 2. The zero-order chi connectivity index (χ0) is 17.0. The number of benzene rings is 1. The number of likely N-dealkylation sites (tertiary alicyclic amines) is 1. The molecule has 0 spiro atoms. The van der Waals surface area contributed by atoms with E-state index in [-0.39, 0.29) is 30.0 Å². The molecule has 6 heteroatoms. The summed E-state index contributed by atoms with van der Waals surface area (Å²) in [6, 6.07) is 5.51. The second-order valence-corrected chi connectivity index (χ2v) is 8.24. The molecule has 0 aromatic heterocycles. The average molecular weight is 358 g/mol. The van der Waals surface area contributed by atoms with E-state index >= 15 is 0 Å². The molecule has 3 rings (SSSR count). The van der Waals surface area contributed by atoms with Crippen LogP contribution in [0.2, 0.25) is 10.0 Å². The normalized spacial score (nSPS) is 29.4. The third kappa shape index (κ3) is 2.81. The van der Waals surface area contributed by atoms with Gasteiger partial charge in [-0.05, 0) is 50.3 Å². The molecule has 2 atom stereocenters. The van der Waals surface area contributed by atoms with Crippen LogP contribution in [-0.2, 0) is 10.2 Å². The Morgan fingerprint density at radius 3 is 2.39 bits per heavy atom. The van der Waals surface area contributed by atoms with Crippen LogP contribution in [0.3, 0.4) is 0 Å². The van der Waals surface area contributed by atoms with Crippen LogP contribution in [0.1, 0.15) is 26.3 Å². The Labute approximate surface area is 146 Å². The first-order valence-corrected chi connectivity index (χ1v) is 8.49. The number of aliphatic hydroxyl groups excluding tert-OH is 1. The fourth-order valence-electron chi connectivity index (χ4n) is 3.75. The van der Waals surface area contributed by atoms with E-state index in [1.54, 1.807) is 11.0 Å². The lowest BCUT2D eigenvalue weighted by molar-refractivity contribution is 0.0252. The summed E-state index contributed by atoms with van der Waals surface area (Å²) < 4.78 is 5.42. The Kier molecular flexibility index (Phi) is 4.06. The highest BCUT2D eigenvalue weighted by atomic mass is 35.5. The summed E-state index contributed by atoms with van der Waals surface area (Å²) in [6.07, 6.45) is -0.286. The highest BCUT2D eigenvalue weighted by Crippen LogP contribution is 2.63. The first-order chi connectivity index (χ1) is 10.7. The predicted octanol–water partition coefficient (Wildman–Crippen LogP) is 3.72. The van der Waals surface area contributed by atoms with Crippen molar-refractivity contribution < 1.29 is 14.6 Å². The number of fused-ring (bicyclic) bond motifs is 1. The van der Waals surface area contributed by atoms with Crippen molar-refractivity contribution >= 4 is 29.3 Å². The van der Waals surface area contributed by atoms with Crippen LogP contribution in [0.5, 0.6) is 0 Å². The Balaban J connectivity index is 1.74. The number of piperidine rings is 1. The lowest BCUT2D eigenvalue weighted by Crippen LogP contribution is -2.39. The maximum Gasteiger partial charge on any atom is 0.410 e. The molecule has 23 heavy (non-hydrogen) atoms. The van der Waals surface area contributed by atoms with Crippen molar-refractivity contribution in [2.24, 2.45) is 11.8 Å². The van der Waals surface area contributed by atoms with E-state index in [2.05, 4.69) is 0 Å². The lowest BCUT2D eigenvalue weighted by atomic mass is 9.91. The SMILES string of the molecule is CC(C)(C)OC(=O)N1CC2C(C1)C2(CO)c1ccc(Cl)c(Cl)c1. The number of aliphatic hydroxyl groups is 1. The molecule has 0 radical (unpaired) electrons. The maximum atomic E-state index is 12.2. The molecule has 126 valence electrons. The molecule has 1 heterocycles. The fraction of sp³-hybridized carbons (Fsp3) is 0.588. The van der Waals surface area contributed by atoms with Gasteiger partial charge in [-0.2, -0.15) is 0 Å². The molecule has 1 aliphatic heterocycles. The van der Waals surface area contributed by atoms with Crippen LogP contribution < -0.4 is 0 Å². The van der Waals surface area contributed by atoms with Crippen molar-refractivity contribution in [1.29, 1.82) is 0 Å². The van der Waals surface area contributed by atoms with Crippen LogP contribution in [-0.4, -0.2) is 41.4 Å². The second kappa shape index (κ2) is 5.54. The number of amides is 1. The van der Waals surface area contributed by atoms with Gasteiger partial charge in [-0.3, -0.25) is 0 Å². The van der Waals surface area contributed by atoms with E-state index in [0.717, 1.165) is 5.56 Å². The predicted molar refractivity (Wildman–Crippen MR) is 90.0 cm³/mol.